The van der Waals surface area contributed by atoms with Crippen LogP contribution in [0.2, 0.25) is 0 Å². The van der Waals surface area contributed by atoms with Gasteiger partial charge in [0.05, 0.1) is 12.9 Å². The van der Waals surface area contributed by atoms with Crippen LogP contribution in [-0.4, -0.2) is 52.9 Å². The quantitative estimate of drug-likeness (QED) is 0.457. The van der Waals surface area contributed by atoms with Crippen molar-refractivity contribution in [2.24, 2.45) is 0 Å². The lowest BCUT2D eigenvalue weighted by Gasteiger charge is -2.11. The molecule has 0 aliphatic carbocycles. The summed E-state index contributed by atoms with van der Waals surface area (Å²) in [4.78, 5) is 26.7. The summed E-state index contributed by atoms with van der Waals surface area (Å²) in [5.74, 6) is 0.912. The van der Waals surface area contributed by atoms with E-state index in [1.807, 2.05) is 42.9 Å². The second-order valence-corrected chi connectivity index (χ2v) is 7.98. The second-order valence-electron chi connectivity index (χ2n) is 7.06. The van der Waals surface area contributed by atoms with E-state index in [0.29, 0.717) is 42.6 Å². The maximum atomic E-state index is 11.8. The molecule has 0 aliphatic rings. The molecular formula is C20H26BrN7O2. The lowest BCUT2D eigenvalue weighted by Crippen LogP contribution is -2.26. The highest BCUT2D eigenvalue weighted by molar-refractivity contribution is 9.10. The van der Waals surface area contributed by atoms with Gasteiger partial charge in [0.15, 0.2) is 11.5 Å². The molecular weight excluding hydrogens is 450 g/mol. The molecule has 9 nitrogen and oxygen atoms in total. The normalized spacial score (nSPS) is 10.9. The summed E-state index contributed by atoms with van der Waals surface area (Å²) >= 11 is 3.44. The summed E-state index contributed by atoms with van der Waals surface area (Å²) in [5.41, 5.74) is 8.44. The third-order valence-electron chi connectivity index (χ3n) is 4.48. The first-order chi connectivity index (χ1) is 14.4. The molecule has 2 heterocycles. The summed E-state index contributed by atoms with van der Waals surface area (Å²) < 4.78 is 8.21. The van der Waals surface area contributed by atoms with E-state index >= 15 is 0 Å². The zero-order chi connectivity index (χ0) is 21.5. The van der Waals surface area contributed by atoms with E-state index in [-0.39, 0.29) is 0 Å². The van der Waals surface area contributed by atoms with Crippen molar-refractivity contribution < 1.29 is 9.53 Å². The van der Waals surface area contributed by atoms with Gasteiger partial charge < -0.3 is 25.3 Å². The topological polar surface area (TPSA) is 111 Å². The van der Waals surface area contributed by atoms with Gasteiger partial charge in [-0.1, -0.05) is 28.1 Å². The van der Waals surface area contributed by atoms with Crippen LogP contribution in [-0.2, 0) is 17.7 Å². The van der Waals surface area contributed by atoms with Crippen LogP contribution in [0.25, 0.3) is 11.2 Å². The number of nitrogens with two attached hydrogens (primary N) is 1. The SMILES string of the molecule is CN(C)c1nc(N)c2ncn(CCCCOC(=O)NCCc3cccc(Br)c3)c2n1. The Hall–Kier alpha value is -2.88. The Bertz CT molecular complexity index is 1010. The van der Waals surface area contributed by atoms with Crippen LogP contribution in [0, 0.1) is 0 Å². The van der Waals surface area contributed by atoms with Crippen molar-refractivity contribution in [3.05, 3.63) is 40.6 Å². The molecule has 30 heavy (non-hydrogen) atoms. The fraction of sp³-hybridized carbons (Fsp3) is 0.400. The average Bonchev–Trinajstić information content (AvgIpc) is 3.11. The Morgan fingerprint density at radius 2 is 2.13 bits per heavy atom. The largest absolute Gasteiger partial charge is 0.450 e. The van der Waals surface area contributed by atoms with Crippen molar-refractivity contribution in [3.8, 4) is 0 Å². The van der Waals surface area contributed by atoms with Crippen molar-refractivity contribution in [1.82, 2.24) is 24.8 Å². The molecule has 1 amide bonds. The van der Waals surface area contributed by atoms with E-state index in [0.717, 1.165) is 29.3 Å². The number of nitrogens with zero attached hydrogens (tertiary/aromatic N) is 5. The predicted molar refractivity (Wildman–Crippen MR) is 120 cm³/mol. The van der Waals surface area contributed by atoms with Gasteiger partial charge in [-0.2, -0.15) is 9.97 Å². The lowest BCUT2D eigenvalue weighted by atomic mass is 10.1. The molecule has 0 atom stereocenters. The fourth-order valence-electron chi connectivity index (χ4n) is 2.92. The minimum atomic E-state index is -0.394. The maximum Gasteiger partial charge on any atom is 0.407 e. The van der Waals surface area contributed by atoms with Gasteiger partial charge in [0, 0.05) is 31.7 Å². The van der Waals surface area contributed by atoms with Gasteiger partial charge in [-0.3, -0.25) is 0 Å². The van der Waals surface area contributed by atoms with Gasteiger partial charge in [-0.05, 0) is 37.0 Å². The molecule has 160 valence electrons. The number of hydrogen-bond acceptors (Lipinski definition) is 7. The molecule has 0 saturated heterocycles. The molecule has 0 aliphatic heterocycles. The lowest BCUT2D eigenvalue weighted by molar-refractivity contribution is 0.144. The number of anilines is 2. The first kappa shape index (κ1) is 21.8. The number of carbonyl (C=O) groups is 1. The standard InChI is InChI=1S/C20H26BrN7O2/c1-27(2)19-25-17(22)16-18(26-19)28(13-24-16)10-3-4-11-30-20(29)23-9-8-14-6-5-7-15(21)12-14/h5-7,12-13H,3-4,8-11H2,1-2H3,(H,23,29)(H2,22,25,26). The van der Waals surface area contributed by atoms with Gasteiger partial charge in [0.2, 0.25) is 5.95 Å². The van der Waals surface area contributed by atoms with Crippen molar-refractivity contribution in [1.29, 1.82) is 0 Å². The minimum Gasteiger partial charge on any atom is -0.450 e. The monoisotopic (exact) mass is 475 g/mol. The minimum absolute atomic E-state index is 0.357. The van der Waals surface area contributed by atoms with Gasteiger partial charge in [0.1, 0.15) is 5.52 Å². The van der Waals surface area contributed by atoms with Crippen LogP contribution in [0.15, 0.2) is 35.1 Å². The van der Waals surface area contributed by atoms with Gasteiger partial charge in [-0.15, -0.1) is 0 Å². The number of unbranched alkanes of at least 4 members (excludes halogenated alkanes) is 1. The summed E-state index contributed by atoms with van der Waals surface area (Å²) in [6.07, 6.45) is 3.62. The van der Waals surface area contributed by atoms with Crippen LogP contribution in [0.4, 0.5) is 16.6 Å². The van der Waals surface area contributed by atoms with Gasteiger partial charge >= 0.3 is 6.09 Å². The van der Waals surface area contributed by atoms with Crippen LogP contribution in [0.3, 0.4) is 0 Å². The van der Waals surface area contributed by atoms with Crippen LogP contribution < -0.4 is 16.0 Å². The Morgan fingerprint density at radius 3 is 2.90 bits per heavy atom. The molecule has 2 aromatic heterocycles. The Balaban J connectivity index is 1.38. The molecule has 1 aromatic carbocycles. The molecule has 0 bridgehead atoms. The molecule has 0 spiro atoms. The zero-order valence-corrected chi connectivity index (χ0v) is 18.7. The Morgan fingerprint density at radius 1 is 1.30 bits per heavy atom. The highest BCUT2D eigenvalue weighted by Gasteiger charge is 2.12. The molecule has 3 rings (SSSR count). The number of halogens is 1. The number of rotatable bonds is 9. The van der Waals surface area contributed by atoms with Crippen molar-refractivity contribution in [2.75, 3.05) is 37.9 Å². The van der Waals surface area contributed by atoms with Crippen molar-refractivity contribution in [2.45, 2.75) is 25.8 Å². The number of hydrogen-bond donors (Lipinski definition) is 2. The summed E-state index contributed by atoms with van der Waals surface area (Å²) in [5, 5.41) is 2.78. The van der Waals surface area contributed by atoms with E-state index < -0.39 is 6.09 Å². The Kier molecular flexibility index (Phi) is 7.45. The van der Waals surface area contributed by atoms with Crippen LogP contribution in [0.1, 0.15) is 18.4 Å². The van der Waals surface area contributed by atoms with Gasteiger partial charge in [-0.25, -0.2) is 9.78 Å². The van der Waals surface area contributed by atoms with E-state index in [1.165, 1.54) is 0 Å². The number of aromatic nitrogens is 4. The number of nitrogens with one attached hydrogen (secondary N) is 1. The number of alkyl carbamates (subject to hydrolysis) is 1. The average molecular weight is 476 g/mol. The molecule has 0 unspecified atom stereocenters. The molecule has 0 saturated carbocycles. The van der Waals surface area contributed by atoms with Crippen molar-refractivity contribution >= 4 is 45.0 Å². The molecule has 0 radical (unpaired) electrons. The number of nitrogen functional groups attached to an aromatic ring is 1. The van der Waals surface area contributed by atoms with E-state index in [9.17, 15) is 4.79 Å². The van der Waals surface area contributed by atoms with E-state index in [2.05, 4.69) is 36.2 Å². The molecule has 10 heteroatoms. The number of imidazole rings is 1. The predicted octanol–water partition coefficient (Wildman–Crippen LogP) is 2.99. The number of benzene rings is 1. The third-order valence-corrected chi connectivity index (χ3v) is 4.97. The number of fused-ring (bicyclic) bond motifs is 1. The molecule has 3 N–H and O–H groups in total. The highest BCUT2D eigenvalue weighted by atomic mass is 79.9. The summed E-state index contributed by atoms with van der Waals surface area (Å²) in [7, 11) is 3.73. The van der Waals surface area contributed by atoms with E-state index in [1.54, 1.807) is 11.2 Å². The second kappa shape index (κ2) is 10.2. The first-order valence-electron chi connectivity index (χ1n) is 9.75. The number of carbonyl (C=O) groups excluding carboxylic acids is 1. The van der Waals surface area contributed by atoms with E-state index in [4.69, 9.17) is 10.5 Å². The highest BCUT2D eigenvalue weighted by Crippen LogP contribution is 2.19. The number of aryl methyl sites for hydroxylation is 1. The molecule has 3 aromatic rings. The summed E-state index contributed by atoms with van der Waals surface area (Å²) in [6, 6.07) is 8.01. The maximum absolute atomic E-state index is 11.8. The zero-order valence-electron chi connectivity index (χ0n) is 17.1. The number of amides is 1. The van der Waals surface area contributed by atoms with Crippen LogP contribution >= 0.6 is 15.9 Å². The summed E-state index contributed by atoms with van der Waals surface area (Å²) in [6.45, 7) is 1.59. The van der Waals surface area contributed by atoms with Gasteiger partial charge in [0.25, 0.3) is 0 Å². The smallest absolute Gasteiger partial charge is 0.407 e. The third kappa shape index (κ3) is 5.82. The number of ether oxygens (including phenoxy) is 1. The Labute approximate surface area is 183 Å². The van der Waals surface area contributed by atoms with Crippen molar-refractivity contribution in [3.63, 3.8) is 0 Å². The molecule has 0 fully saturated rings. The fourth-order valence-corrected chi connectivity index (χ4v) is 3.37. The van der Waals surface area contributed by atoms with Crippen LogP contribution in [0.5, 0.6) is 0 Å². The first-order valence-corrected chi connectivity index (χ1v) is 10.5.